The van der Waals surface area contributed by atoms with Crippen LogP contribution in [0.1, 0.15) is 6.42 Å². The Morgan fingerprint density at radius 2 is 2.10 bits per heavy atom. The molecule has 0 aliphatic carbocycles. The number of nitrogens with one attached hydrogen (secondary N) is 1. The van der Waals surface area contributed by atoms with Crippen LogP contribution in [0.4, 0.5) is 5.82 Å². The van der Waals surface area contributed by atoms with Crippen LogP contribution in [0.2, 0.25) is 0 Å². The van der Waals surface area contributed by atoms with Gasteiger partial charge >= 0.3 is 0 Å². The average Bonchev–Trinajstić information content (AvgIpc) is 2.74. The van der Waals surface area contributed by atoms with Crippen molar-refractivity contribution >= 4 is 27.7 Å². The summed E-state index contributed by atoms with van der Waals surface area (Å²) in [7, 11) is 0. The first-order chi connectivity index (χ1) is 9.77. The van der Waals surface area contributed by atoms with Crippen LogP contribution in [-0.2, 0) is 11.1 Å². The lowest BCUT2D eigenvalue weighted by Crippen LogP contribution is -2.28. The Bertz CT molecular complexity index is 639. The summed E-state index contributed by atoms with van der Waals surface area (Å²) in [5.41, 5.74) is 0. The van der Waals surface area contributed by atoms with E-state index in [2.05, 4.69) is 15.2 Å². The van der Waals surface area contributed by atoms with Gasteiger partial charge in [0.1, 0.15) is 5.82 Å². The van der Waals surface area contributed by atoms with Crippen molar-refractivity contribution in [3.63, 3.8) is 0 Å². The number of hydrogen-bond acceptors (Lipinski definition) is 4. The quantitative estimate of drug-likeness (QED) is 0.823. The van der Waals surface area contributed by atoms with Gasteiger partial charge in [-0.2, -0.15) is 0 Å². The maximum atomic E-state index is 11.4. The Morgan fingerprint density at radius 1 is 1.20 bits per heavy atom. The first-order valence-corrected chi connectivity index (χ1v) is 7.82. The van der Waals surface area contributed by atoms with Crippen LogP contribution >= 0.6 is 0 Å². The summed E-state index contributed by atoms with van der Waals surface area (Å²) < 4.78 is 20.8. The van der Waals surface area contributed by atoms with E-state index in [9.17, 15) is 8.76 Å². The highest BCUT2D eigenvalue weighted by molar-refractivity contribution is 7.79. The molecule has 1 unspecified atom stereocenters. The lowest BCUT2D eigenvalue weighted by Gasteiger charge is -2.22. The van der Waals surface area contributed by atoms with Gasteiger partial charge in [0.2, 0.25) is 0 Å². The predicted molar refractivity (Wildman–Crippen MR) is 80.5 cm³/mol. The first kappa shape index (κ1) is 13.5. The Hall–Kier alpha value is -1.50. The maximum absolute atomic E-state index is 11.4. The minimum atomic E-state index is -1.98. The Labute approximate surface area is 120 Å². The van der Waals surface area contributed by atoms with Gasteiger partial charge in [-0.15, -0.1) is 0 Å². The van der Waals surface area contributed by atoms with E-state index in [4.69, 9.17) is 0 Å². The van der Waals surface area contributed by atoms with E-state index in [-0.39, 0.29) is 0 Å². The predicted octanol–water partition coefficient (Wildman–Crippen LogP) is 1.62. The van der Waals surface area contributed by atoms with Crippen molar-refractivity contribution in [2.24, 2.45) is 0 Å². The summed E-state index contributed by atoms with van der Waals surface area (Å²) in [4.78, 5) is 7.18. The van der Waals surface area contributed by atoms with Gasteiger partial charge in [-0.05, 0) is 25.1 Å². The van der Waals surface area contributed by atoms with Crippen LogP contribution in [0, 0.1) is 0 Å². The zero-order valence-corrected chi connectivity index (χ0v) is 11.9. The minimum Gasteiger partial charge on any atom is -0.355 e. The monoisotopic (exact) mass is 291 g/mol. The van der Waals surface area contributed by atoms with E-state index in [1.54, 1.807) is 18.3 Å². The van der Waals surface area contributed by atoms with Gasteiger partial charge in [0, 0.05) is 36.6 Å². The molecule has 1 atom stereocenters. The van der Waals surface area contributed by atoms with Crippen molar-refractivity contribution in [2.75, 3.05) is 31.1 Å². The summed E-state index contributed by atoms with van der Waals surface area (Å²) in [5, 5.41) is 5.11. The van der Waals surface area contributed by atoms with Crippen molar-refractivity contribution in [1.29, 1.82) is 0 Å². The van der Waals surface area contributed by atoms with Crippen molar-refractivity contribution in [3.8, 4) is 0 Å². The highest BCUT2D eigenvalue weighted by Gasteiger charge is 2.15. The molecule has 1 aliphatic heterocycles. The van der Waals surface area contributed by atoms with Crippen LogP contribution in [0.15, 0.2) is 35.4 Å². The highest BCUT2D eigenvalue weighted by Crippen LogP contribution is 2.28. The number of rotatable bonds is 2. The van der Waals surface area contributed by atoms with Crippen molar-refractivity contribution in [3.05, 3.63) is 30.5 Å². The molecule has 1 aliphatic rings. The van der Waals surface area contributed by atoms with Gasteiger partial charge in [0.05, 0.1) is 4.90 Å². The molecule has 5 nitrogen and oxygen atoms in total. The summed E-state index contributed by atoms with van der Waals surface area (Å²) in [6, 6.07) is 7.27. The fourth-order valence-electron chi connectivity index (χ4n) is 2.62. The molecule has 0 saturated carbocycles. The molecule has 2 N–H and O–H groups in total. The maximum Gasteiger partial charge on any atom is 0.187 e. The second kappa shape index (κ2) is 5.87. The Balaban J connectivity index is 2.11. The zero-order chi connectivity index (χ0) is 13.9. The molecular weight excluding hydrogens is 274 g/mol. The fraction of sp³-hybridized carbons (Fsp3) is 0.357. The van der Waals surface area contributed by atoms with E-state index in [1.807, 2.05) is 12.1 Å². The molecule has 20 heavy (non-hydrogen) atoms. The summed E-state index contributed by atoms with van der Waals surface area (Å²) in [5.74, 6) is 0.901. The molecule has 2 aromatic rings. The summed E-state index contributed by atoms with van der Waals surface area (Å²) in [6.45, 7) is 3.81. The van der Waals surface area contributed by atoms with Crippen LogP contribution < -0.4 is 10.2 Å². The van der Waals surface area contributed by atoms with E-state index < -0.39 is 11.1 Å². The number of nitrogens with zero attached hydrogens (tertiary/aromatic N) is 2. The van der Waals surface area contributed by atoms with Crippen LogP contribution in [0.3, 0.4) is 0 Å². The number of fused-ring (bicyclic) bond motifs is 1. The largest absolute Gasteiger partial charge is 0.355 e. The van der Waals surface area contributed by atoms with Gasteiger partial charge in [-0.3, -0.25) is 0 Å². The number of benzene rings is 1. The third kappa shape index (κ3) is 2.54. The van der Waals surface area contributed by atoms with Gasteiger partial charge in [-0.25, -0.2) is 9.19 Å². The van der Waals surface area contributed by atoms with E-state index >= 15 is 0 Å². The van der Waals surface area contributed by atoms with Gasteiger partial charge in [0.15, 0.2) is 11.1 Å². The lowest BCUT2D eigenvalue weighted by molar-refractivity contribution is 0.565. The lowest BCUT2D eigenvalue weighted by atomic mass is 10.1. The molecule has 1 aromatic heterocycles. The average molecular weight is 291 g/mol. The normalized spacial score (nSPS) is 17.9. The van der Waals surface area contributed by atoms with E-state index in [0.717, 1.165) is 49.2 Å². The molecule has 1 fully saturated rings. The van der Waals surface area contributed by atoms with Gasteiger partial charge in [-0.1, -0.05) is 12.1 Å². The topological polar surface area (TPSA) is 65.5 Å². The van der Waals surface area contributed by atoms with Crippen molar-refractivity contribution < 1.29 is 8.76 Å². The van der Waals surface area contributed by atoms with Gasteiger partial charge < -0.3 is 14.8 Å². The molecule has 0 radical (unpaired) electrons. The molecule has 1 saturated heterocycles. The molecule has 1 aromatic carbocycles. The smallest absolute Gasteiger partial charge is 0.187 e. The molecule has 106 valence electrons. The van der Waals surface area contributed by atoms with Crippen molar-refractivity contribution in [1.82, 2.24) is 10.3 Å². The summed E-state index contributed by atoms with van der Waals surface area (Å²) >= 11 is -1.98. The molecule has 0 spiro atoms. The Kier molecular flexibility index (Phi) is 3.95. The second-order valence-electron chi connectivity index (χ2n) is 4.83. The SMILES string of the molecule is O=S(O)c1cccc2c(N3CCCNCC3)nccc12. The zero-order valence-electron chi connectivity index (χ0n) is 11.1. The molecule has 2 heterocycles. The number of hydrogen-bond donors (Lipinski definition) is 2. The molecular formula is C14H17N3O2S. The highest BCUT2D eigenvalue weighted by atomic mass is 32.2. The van der Waals surface area contributed by atoms with Crippen LogP contribution in [-0.4, -0.2) is 39.9 Å². The number of aromatic nitrogens is 1. The van der Waals surface area contributed by atoms with Crippen LogP contribution in [0.5, 0.6) is 0 Å². The molecule has 3 rings (SSSR count). The van der Waals surface area contributed by atoms with Crippen LogP contribution in [0.25, 0.3) is 10.8 Å². The van der Waals surface area contributed by atoms with Gasteiger partial charge in [0.25, 0.3) is 0 Å². The molecule has 0 bridgehead atoms. The fourth-order valence-corrected chi connectivity index (χ4v) is 3.19. The third-order valence-corrected chi connectivity index (χ3v) is 4.31. The minimum absolute atomic E-state index is 0.444. The van der Waals surface area contributed by atoms with E-state index in [1.165, 1.54) is 0 Å². The molecule has 6 heteroatoms. The molecule has 0 amide bonds. The number of pyridine rings is 1. The second-order valence-corrected chi connectivity index (χ2v) is 5.76. The van der Waals surface area contributed by atoms with E-state index in [0.29, 0.717) is 4.90 Å². The standard InChI is InChI=1S/C14H17N3O2S/c18-20(19)13-4-1-3-12-11(13)5-7-16-14(12)17-9-2-6-15-8-10-17/h1,3-5,7,15H,2,6,8-10H2,(H,18,19). The Morgan fingerprint density at radius 3 is 2.95 bits per heavy atom. The summed E-state index contributed by atoms with van der Waals surface area (Å²) in [6.07, 6.45) is 2.79. The van der Waals surface area contributed by atoms with Crippen molar-refractivity contribution in [2.45, 2.75) is 11.3 Å². The number of anilines is 1. The third-order valence-electron chi connectivity index (χ3n) is 3.57. The first-order valence-electron chi connectivity index (χ1n) is 6.71.